The lowest BCUT2D eigenvalue weighted by atomic mass is 10.2. The average Bonchev–Trinajstić information content (AvgIpc) is 3.31. The first-order chi connectivity index (χ1) is 14.1. The van der Waals surface area contributed by atoms with Crippen LogP contribution in [-0.4, -0.2) is 74.6 Å². The lowest BCUT2D eigenvalue weighted by molar-refractivity contribution is -0.131. The van der Waals surface area contributed by atoms with Crippen molar-refractivity contribution < 1.29 is 14.3 Å². The van der Waals surface area contributed by atoms with Crippen LogP contribution in [0.5, 0.6) is 0 Å². The number of hydrogen-bond acceptors (Lipinski definition) is 7. The van der Waals surface area contributed by atoms with Crippen LogP contribution in [0.4, 0.5) is 5.82 Å². The molecule has 1 atom stereocenters. The summed E-state index contributed by atoms with van der Waals surface area (Å²) in [6.45, 7) is 5.03. The summed E-state index contributed by atoms with van der Waals surface area (Å²) in [6, 6.07) is 0.150. The molecule has 0 unspecified atom stereocenters. The Labute approximate surface area is 168 Å². The van der Waals surface area contributed by atoms with Gasteiger partial charge in [0.25, 0.3) is 5.91 Å². The third kappa shape index (κ3) is 3.41. The Balaban J connectivity index is 1.36. The topological polar surface area (TPSA) is 114 Å². The molecule has 2 aromatic heterocycles. The molecule has 0 spiro atoms. The molecule has 1 saturated carbocycles. The van der Waals surface area contributed by atoms with Gasteiger partial charge in [-0.05, 0) is 26.2 Å². The Kier molecular flexibility index (Phi) is 4.57. The highest BCUT2D eigenvalue weighted by Crippen LogP contribution is 2.32. The highest BCUT2D eigenvalue weighted by molar-refractivity contribution is 5.96. The summed E-state index contributed by atoms with van der Waals surface area (Å²) < 4.78 is 6.92. The molecule has 2 aromatic rings. The van der Waals surface area contributed by atoms with Crippen molar-refractivity contribution in [3.8, 4) is 0 Å². The van der Waals surface area contributed by atoms with Gasteiger partial charge in [0.1, 0.15) is 6.33 Å². The summed E-state index contributed by atoms with van der Waals surface area (Å²) >= 11 is 0. The molecule has 10 heteroatoms. The van der Waals surface area contributed by atoms with Gasteiger partial charge in [-0.2, -0.15) is 0 Å². The predicted molar refractivity (Wildman–Crippen MR) is 104 cm³/mol. The van der Waals surface area contributed by atoms with Gasteiger partial charge in [-0.25, -0.2) is 15.0 Å². The van der Waals surface area contributed by atoms with Crippen LogP contribution < -0.4 is 10.6 Å². The van der Waals surface area contributed by atoms with Gasteiger partial charge >= 0.3 is 0 Å². The number of carbonyl (C=O) groups is 2. The molecule has 2 aliphatic heterocycles. The highest BCUT2D eigenvalue weighted by Gasteiger charge is 2.37. The monoisotopic (exact) mass is 399 g/mol. The maximum Gasteiger partial charge on any atom is 0.287 e. The normalized spacial score (nSPS) is 22.0. The number of likely N-dealkylation sites (tertiary alicyclic amines) is 1. The molecule has 3 aliphatic rings. The minimum absolute atomic E-state index is 0.0322. The van der Waals surface area contributed by atoms with Gasteiger partial charge in [0.2, 0.25) is 11.7 Å². The summed E-state index contributed by atoms with van der Waals surface area (Å²) in [4.78, 5) is 40.2. The number of imidazole rings is 1. The first-order valence-corrected chi connectivity index (χ1v) is 10.3. The van der Waals surface area contributed by atoms with Crippen LogP contribution in [0.25, 0.3) is 11.2 Å². The third-order valence-electron chi connectivity index (χ3n) is 5.79. The quantitative estimate of drug-likeness (QED) is 0.722. The molecule has 5 rings (SSSR count). The Morgan fingerprint density at radius 2 is 2.03 bits per heavy atom. The third-order valence-corrected chi connectivity index (χ3v) is 5.79. The molecule has 2 amide bonds. The molecule has 10 nitrogen and oxygen atoms in total. The molecule has 0 aromatic carbocycles. The van der Waals surface area contributed by atoms with Crippen molar-refractivity contribution in [2.45, 2.75) is 44.8 Å². The second-order valence-corrected chi connectivity index (χ2v) is 7.97. The zero-order chi connectivity index (χ0) is 20.0. The zero-order valence-electron chi connectivity index (χ0n) is 16.4. The van der Waals surface area contributed by atoms with Crippen molar-refractivity contribution in [1.82, 2.24) is 29.7 Å². The van der Waals surface area contributed by atoms with E-state index in [-0.39, 0.29) is 29.8 Å². The Bertz CT molecular complexity index is 951. The summed E-state index contributed by atoms with van der Waals surface area (Å²) in [5.41, 5.74) is 1.21. The van der Waals surface area contributed by atoms with Crippen molar-refractivity contribution in [1.29, 1.82) is 0 Å². The SMILES string of the molecule is CCn1c(C(=O)NC2COC2)nc2c(N[C@H]3CCN(C(=O)C4CC4)C3)ncnc21. The zero-order valence-corrected chi connectivity index (χ0v) is 16.4. The number of hydrogen-bond donors (Lipinski definition) is 2. The number of fused-ring (bicyclic) bond motifs is 1. The number of amides is 2. The van der Waals surface area contributed by atoms with E-state index >= 15 is 0 Å². The second kappa shape index (κ2) is 7.25. The van der Waals surface area contributed by atoms with Gasteiger partial charge in [0.15, 0.2) is 17.0 Å². The van der Waals surface area contributed by atoms with E-state index in [1.165, 1.54) is 6.33 Å². The van der Waals surface area contributed by atoms with E-state index in [1.54, 1.807) is 4.57 Å². The number of rotatable bonds is 6. The van der Waals surface area contributed by atoms with Crippen molar-refractivity contribution in [3.05, 3.63) is 12.2 Å². The van der Waals surface area contributed by atoms with Crippen molar-refractivity contribution in [2.75, 3.05) is 31.6 Å². The van der Waals surface area contributed by atoms with E-state index in [0.29, 0.717) is 49.1 Å². The molecule has 2 N–H and O–H groups in total. The Morgan fingerprint density at radius 1 is 1.21 bits per heavy atom. The molecule has 0 bridgehead atoms. The molecule has 4 heterocycles. The fraction of sp³-hybridized carbons (Fsp3) is 0.632. The first kappa shape index (κ1) is 18.3. The second-order valence-electron chi connectivity index (χ2n) is 7.97. The number of anilines is 1. The van der Waals surface area contributed by atoms with Gasteiger partial charge in [-0.15, -0.1) is 0 Å². The molecule has 1 aliphatic carbocycles. The summed E-state index contributed by atoms with van der Waals surface area (Å²) in [5.74, 6) is 1.22. The van der Waals surface area contributed by atoms with Crippen molar-refractivity contribution in [2.24, 2.45) is 5.92 Å². The van der Waals surface area contributed by atoms with E-state index in [1.807, 2.05) is 11.8 Å². The Hall–Kier alpha value is -2.75. The summed E-state index contributed by atoms with van der Waals surface area (Å²) in [6.07, 6.45) is 4.40. The van der Waals surface area contributed by atoms with Gasteiger partial charge in [0, 0.05) is 31.6 Å². The smallest absolute Gasteiger partial charge is 0.287 e. The number of nitrogens with one attached hydrogen (secondary N) is 2. The molecular weight excluding hydrogens is 374 g/mol. The largest absolute Gasteiger partial charge is 0.377 e. The Morgan fingerprint density at radius 3 is 2.72 bits per heavy atom. The highest BCUT2D eigenvalue weighted by atomic mass is 16.5. The van der Waals surface area contributed by atoms with Crippen LogP contribution in [0.15, 0.2) is 6.33 Å². The lowest BCUT2D eigenvalue weighted by Gasteiger charge is -2.26. The predicted octanol–water partition coefficient (Wildman–Crippen LogP) is 0.398. The van der Waals surface area contributed by atoms with Crippen LogP contribution in [0.1, 0.15) is 36.8 Å². The van der Waals surface area contributed by atoms with Crippen LogP contribution >= 0.6 is 0 Å². The molecule has 2 saturated heterocycles. The maximum atomic E-state index is 12.7. The molecule has 0 radical (unpaired) electrons. The minimum atomic E-state index is -0.230. The lowest BCUT2D eigenvalue weighted by Crippen LogP contribution is -2.49. The first-order valence-electron chi connectivity index (χ1n) is 10.3. The van der Waals surface area contributed by atoms with Gasteiger partial charge in [0.05, 0.1) is 19.3 Å². The summed E-state index contributed by atoms with van der Waals surface area (Å²) in [5, 5.41) is 6.36. The number of ether oxygens (including phenoxy) is 1. The van der Waals surface area contributed by atoms with E-state index in [2.05, 4.69) is 25.6 Å². The van der Waals surface area contributed by atoms with Crippen molar-refractivity contribution >= 4 is 28.8 Å². The minimum Gasteiger partial charge on any atom is -0.377 e. The van der Waals surface area contributed by atoms with Gasteiger partial charge < -0.3 is 24.8 Å². The van der Waals surface area contributed by atoms with Crippen LogP contribution in [0, 0.1) is 5.92 Å². The molecular formula is C19H25N7O3. The fourth-order valence-electron chi connectivity index (χ4n) is 3.94. The van der Waals surface area contributed by atoms with E-state index in [9.17, 15) is 9.59 Å². The van der Waals surface area contributed by atoms with Gasteiger partial charge in [-0.3, -0.25) is 9.59 Å². The summed E-state index contributed by atoms with van der Waals surface area (Å²) in [7, 11) is 0. The fourth-order valence-corrected chi connectivity index (χ4v) is 3.94. The van der Waals surface area contributed by atoms with E-state index < -0.39 is 0 Å². The van der Waals surface area contributed by atoms with E-state index in [4.69, 9.17) is 4.74 Å². The van der Waals surface area contributed by atoms with Crippen LogP contribution in [0.2, 0.25) is 0 Å². The molecule has 154 valence electrons. The number of aryl methyl sites for hydroxylation is 1. The number of nitrogens with zero attached hydrogens (tertiary/aromatic N) is 5. The number of carbonyl (C=O) groups excluding carboxylic acids is 2. The molecule has 29 heavy (non-hydrogen) atoms. The van der Waals surface area contributed by atoms with Crippen LogP contribution in [-0.2, 0) is 16.1 Å². The molecule has 3 fully saturated rings. The van der Waals surface area contributed by atoms with Gasteiger partial charge in [-0.1, -0.05) is 0 Å². The van der Waals surface area contributed by atoms with Crippen molar-refractivity contribution in [3.63, 3.8) is 0 Å². The van der Waals surface area contributed by atoms with Crippen LogP contribution in [0.3, 0.4) is 0 Å². The van der Waals surface area contributed by atoms with E-state index in [0.717, 1.165) is 25.8 Å². The number of aromatic nitrogens is 4. The standard InChI is InChI=1S/C19H25N7O3/c1-2-26-16-14(24-17(26)18(27)23-13-8-29-9-13)15(20-10-21-16)22-12-5-6-25(7-12)19(28)11-3-4-11/h10-13H,2-9H2,1H3,(H,23,27)(H,20,21,22)/t12-/m0/s1. The average molecular weight is 399 g/mol. The maximum absolute atomic E-state index is 12.7.